The smallest absolute Gasteiger partial charge is 0.243 e. The lowest BCUT2D eigenvalue weighted by atomic mass is 10.1. The summed E-state index contributed by atoms with van der Waals surface area (Å²) < 4.78 is 26.6. The number of nitrogens with zero attached hydrogens (tertiary/aromatic N) is 2. The van der Waals surface area contributed by atoms with Crippen LogP contribution >= 0.6 is 23.2 Å². The lowest BCUT2D eigenvalue weighted by molar-refractivity contribution is -0.141. The molecule has 0 unspecified atom stereocenters. The Bertz CT molecular complexity index is 1220. The largest absolute Gasteiger partial charge is 0.352 e. The van der Waals surface area contributed by atoms with Gasteiger partial charge in [-0.3, -0.25) is 13.9 Å². The molecule has 2 aromatic rings. The van der Waals surface area contributed by atoms with Crippen LogP contribution in [-0.4, -0.2) is 50.0 Å². The summed E-state index contributed by atoms with van der Waals surface area (Å²) in [5, 5.41) is 3.66. The molecule has 2 aromatic carbocycles. The van der Waals surface area contributed by atoms with Gasteiger partial charge in [0.2, 0.25) is 21.8 Å². The summed E-state index contributed by atoms with van der Waals surface area (Å²) in [4.78, 5) is 28.0. The predicted octanol–water partition coefficient (Wildman–Crippen LogP) is 5.49. The van der Waals surface area contributed by atoms with Crippen molar-refractivity contribution < 1.29 is 18.0 Å². The molecule has 2 rings (SSSR count). The molecule has 0 fully saturated rings. The van der Waals surface area contributed by atoms with Crippen molar-refractivity contribution in [1.29, 1.82) is 0 Å². The van der Waals surface area contributed by atoms with Crippen LogP contribution in [0.15, 0.2) is 36.4 Å². The number of hydrogen-bond donors (Lipinski definition) is 1. The van der Waals surface area contributed by atoms with E-state index in [9.17, 15) is 18.0 Å². The van der Waals surface area contributed by atoms with Crippen LogP contribution in [-0.2, 0) is 26.2 Å². The second-order valence-electron chi connectivity index (χ2n) is 9.52. The van der Waals surface area contributed by atoms with Crippen LogP contribution in [0.5, 0.6) is 0 Å². The average Bonchev–Trinajstić information content (AvgIpc) is 2.79. The first-order valence-corrected chi connectivity index (χ1v) is 14.9. The lowest BCUT2D eigenvalue weighted by Crippen LogP contribution is -2.50. The Balaban J connectivity index is 2.28. The molecular formula is C27H37Cl2N3O4S. The van der Waals surface area contributed by atoms with Crippen molar-refractivity contribution in [2.75, 3.05) is 17.1 Å². The third-order valence-electron chi connectivity index (χ3n) is 6.15. The molecule has 2 amide bonds. The number of halogens is 2. The van der Waals surface area contributed by atoms with Gasteiger partial charge in [-0.05, 0) is 75.4 Å². The molecule has 0 bridgehead atoms. The van der Waals surface area contributed by atoms with E-state index < -0.39 is 16.1 Å². The minimum Gasteiger partial charge on any atom is -0.352 e. The maximum absolute atomic E-state index is 13.5. The highest BCUT2D eigenvalue weighted by Crippen LogP contribution is 2.26. The summed E-state index contributed by atoms with van der Waals surface area (Å²) in [6.07, 6.45) is 1.95. The Morgan fingerprint density at radius 1 is 1.05 bits per heavy atom. The number of rotatable bonds is 12. The topological polar surface area (TPSA) is 86.8 Å². The van der Waals surface area contributed by atoms with Gasteiger partial charge in [-0.15, -0.1) is 0 Å². The van der Waals surface area contributed by atoms with Gasteiger partial charge in [-0.25, -0.2) is 8.42 Å². The Labute approximate surface area is 231 Å². The number of amides is 2. The third-order valence-corrected chi connectivity index (χ3v) is 8.07. The number of carbonyl (C=O) groups excluding carboxylic acids is 2. The molecule has 10 heteroatoms. The maximum Gasteiger partial charge on any atom is 0.243 e. The summed E-state index contributed by atoms with van der Waals surface area (Å²) in [7, 11) is -3.56. The van der Waals surface area contributed by atoms with Crippen molar-refractivity contribution in [3.8, 4) is 0 Å². The van der Waals surface area contributed by atoms with E-state index in [1.807, 2.05) is 46.8 Å². The van der Waals surface area contributed by atoms with Crippen molar-refractivity contribution in [3.05, 3.63) is 63.1 Å². The van der Waals surface area contributed by atoms with Gasteiger partial charge in [0.15, 0.2) is 0 Å². The highest BCUT2D eigenvalue weighted by atomic mass is 35.5. The third kappa shape index (κ3) is 8.62. The number of benzene rings is 2. The second-order valence-corrected chi connectivity index (χ2v) is 12.2. The normalized spacial score (nSPS) is 12.4. The molecule has 1 atom stereocenters. The number of aryl methyl sites for hydroxylation is 1. The summed E-state index contributed by atoms with van der Waals surface area (Å²) in [5.41, 5.74) is 3.20. The number of carbonyl (C=O) groups is 2. The molecule has 0 aliphatic carbocycles. The second kappa shape index (κ2) is 13.5. The highest BCUT2D eigenvalue weighted by Gasteiger charge is 2.29. The first kappa shape index (κ1) is 30.9. The van der Waals surface area contributed by atoms with Crippen molar-refractivity contribution >= 4 is 50.7 Å². The zero-order chi connectivity index (χ0) is 27.9. The van der Waals surface area contributed by atoms with Crippen LogP contribution in [0.2, 0.25) is 10.0 Å². The van der Waals surface area contributed by atoms with E-state index in [0.29, 0.717) is 28.6 Å². The molecule has 7 nitrogen and oxygen atoms in total. The summed E-state index contributed by atoms with van der Waals surface area (Å²) >= 11 is 12.2. The summed E-state index contributed by atoms with van der Waals surface area (Å²) in [6, 6.07) is 9.86. The SMILES string of the molecule is CC[C@@H](C(=O)NC(C)C)N(Cc1ccc(Cl)c(Cl)c1)C(=O)CCCN(c1cccc(C)c1C)S(C)(=O)=O. The molecule has 204 valence electrons. The zero-order valence-electron chi connectivity index (χ0n) is 22.3. The standard InChI is InChI=1S/C27H37Cl2N3O4S/c1-7-24(27(34)30-18(2)3)31(17-21-13-14-22(28)23(29)16-21)26(33)12-9-15-32(37(6,35)36)25-11-8-10-19(4)20(25)5/h8,10-11,13-14,16,18,24H,7,9,12,15,17H2,1-6H3,(H,30,34)/t24-/m0/s1. The molecule has 1 N–H and O–H groups in total. The van der Waals surface area contributed by atoms with E-state index in [0.717, 1.165) is 22.9 Å². The van der Waals surface area contributed by atoms with E-state index in [1.165, 1.54) is 4.31 Å². The fourth-order valence-corrected chi connectivity index (χ4v) is 5.46. The molecule has 37 heavy (non-hydrogen) atoms. The van der Waals surface area contributed by atoms with Gasteiger partial charge in [-0.2, -0.15) is 0 Å². The van der Waals surface area contributed by atoms with Crippen molar-refractivity contribution in [2.45, 2.75) is 72.5 Å². The van der Waals surface area contributed by atoms with Crippen LogP contribution in [0.25, 0.3) is 0 Å². The molecule has 0 spiro atoms. The number of hydrogen-bond acceptors (Lipinski definition) is 4. The molecule has 0 heterocycles. The fourth-order valence-electron chi connectivity index (χ4n) is 4.12. The first-order chi connectivity index (χ1) is 17.3. The quantitative estimate of drug-likeness (QED) is 0.366. The van der Waals surface area contributed by atoms with Gasteiger partial charge < -0.3 is 10.2 Å². The minimum atomic E-state index is -3.56. The predicted molar refractivity (Wildman–Crippen MR) is 152 cm³/mol. The molecule has 0 aliphatic heterocycles. The molecular weight excluding hydrogens is 533 g/mol. The fraction of sp³-hybridized carbons (Fsp3) is 0.481. The Morgan fingerprint density at radius 2 is 1.73 bits per heavy atom. The van der Waals surface area contributed by atoms with Gasteiger partial charge in [0, 0.05) is 25.6 Å². The van der Waals surface area contributed by atoms with Gasteiger partial charge in [0.25, 0.3) is 0 Å². The summed E-state index contributed by atoms with van der Waals surface area (Å²) in [5.74, 6) is -0.481. The molecule has 0 saturated heterocycles. The van der Waals surface area contributed by atoms with E-state index >= 15 is 0 Å². The van der Waals surface area contributed by atoms with Crippen LogP contribution < -0.4 is 9.62 Å². The minimum absolute atomic E-state index is 0.0731. The van der Waals surface area contributed by atoms with Crippen molar-refractivity contribution in [2.24, 2.45) is 0 Å². The first-order valence-electron chi connectivity index (χ1n) is 12.3. The molecule has 0 aliphatic rings. The van der Waals surface area contributed by atoms with Gasteiger partial charge in [0.1, 0.15) is 6.04 Å². The zero-order valence-corrected chi connectivity index (χ0v) is 24.7. The van der Waals surface area contributed by atoms with Crippen molar-refractivity contribution in [1.82, 2.24) is 10.2 Å². The number of nitrogens with one attached hydrogen (secondary N) is 1. The monoisotopic (exact) mass is 569 g/mol. The Morgan fingerprint density at radius 3 is 2.30 bits per heavy atom. The highest BCUT2D eigenvalue weighted by molar-refractivity contribution is 7.92. The van der Waals surface area contributed by atoms with Gasteiger partial charge in [-0.1, -0.05) is 48.3 Å². The number of sulfonamides is 1. The van der Waals surface area contributed by atoms with Crippen LogP contribution in [0.3, 0.4) is 0 Å². The summed E-state index contributed by atoms with van der Waals surface area (Å²) in [6.45, 7) is 9.71. The van der Waals surface area contributed by atoms with Gasteiger partial charge >= 0.3 is 0 Å². The Kier molecular flexibility index (Phi) is 11.3. The average molecular weight is 571 g/mol. The molecule has 0 saturated carbocycles. The van der Waals surface area contributed by atoms with Crippen LogP contribution in [0.1, 0.15) is 56.7 Å². The lowest BCUT2D eigenvalue weighted by Gasteiger charge is -2.32. The van der Waals surface area contributed by atoms with E-state index in [-0.39, 0.29) is 37.4 Å². The van der Waals surface area contributed by atoms with E-state index in [2.05, 4.69) is 5.32 Å². The van der Waals surface area contributed by atoms with Crippen LogP contribution in [0.4, 0.5) is 5.69 Å². The Hall–Kier alpha value is -2.29. The number of anilines is 1. The van der Waals surface area contributed by atoms with E-state index in [4.69, 9.17) is 23.2 Å². The van der Waals surface area contributed by atoms with E-state index in [1.54, 1.807) is 29.2 Å². The van der Waals surface area contributed by atoms with Crippen LogP contribution in [0, 0.1) is 13.8 Å². The maximum atomic E-state index is 13.5. The molecule has 0 radical (unpaired) electrons. The van der Waals surface area contributed by atoms with Crippen molar-refractivity contribution in [3.63, 3.8) is 0 Å². The molecule has 0 aromatic heterocycles. The van der Waals surface area contributed by atoms with Gasteiger partial charge in [0.05, 0.1) is 22.0 Å².